The minimum Gasteiger partial charge on any atom is -0.324 e. The molecule has 1 aromatic carbocycles. The molecule has 4 heteroatoms. The molecule has 0 bridgehead atoms. The third-order valence-electron chi connectivity index (χ3n) is 3.42. The molecule has 19 heavy (non-hydrogen) atoms. The number of nitrogens with zero attached hydrogens (tertiary/aromatic N) is 1. The van der Waals surface area contributed by atoms with Gasteiger partial charge in [-0.05, 0) is 48.7 Å². The Kier molecular flexibility index (Phi) is 2.79. The predicted molar refractivity (Wildman–Crippen MR) is 76.5 cm³/mol. The topological polar surface area (TPSA) is 42.0 Å². The fourth-order valence-corrected chi connectivity index (χ4v) is 2.86. The van der Waals surface area contributed by atoms with Gasteiger partial charge in [0, 0.05) is 17.5 Å². The fraction of sp³-hybridized carbons (Fsp3) is 0.200. The SMILES string of the molecule is Cc1ccnc(C)c1-c1cc(Cl)c2c(c1)CC(=O)N2. The molecule has 1 N–H and O–H groups in total. The van der Waals surface area contributed by atoms with Crippen molar-refractivity contribution < 1.29 is 4.79 Å². The van der Waals surface area contributed by atoms with Gasteiger partial charge in [-0.25, -0.2) is 0 Å². The van der Waals surface area contributed by atoms with Gasteiger partial charge in [-0.15, -0.1) is 0 Å². The van der Waals surface area contributed by atoms with Gasteiger partial charge in [0.05, 0.1) is 17.1 Å². The number of halogens is 1. The van der Waals surface area contributed by atoms with Crippen LogP contribution < -0.4 is 5.32 Å². The van der Waals surface area contributed by atoms with Gasteiger partial charge in [-0.1, -0.05) is 11.6 Å². The molecule has 0 atom stereocenters. The summed E-state index contributed by atoms with van der Waals surface area (Å²) in [5, 5.41) is 3.37. The van der Waals surface area contributed by atoms with Gasteiger partial charge < -0.3 is 5.32 Å². The summed E-state index contributed by atoms with van der Waals surface area (Å²) in [6.45, 7) is 4.03. The van der Waals surface area contributed by atoms with Crippen molar-refractivity contribution in [3.05, 3.63) is 46.2 Å². The molecule has 1 aliphatic heterocycles. The molecule has 1 aliphatic rings. The number of carbonyl (C=O) groups excluding carboxylic acids is 1. The van der Waals surface area contributed by atoms with Gasteiger partial charge in [0.25, 0.3) is 0 Å². The highest BCUT2D eigenvalue weighted by Crippen LogP contribution is 2.37. The van der Waals surface area contributed by atoms with Crippen molar-refractivity contribution in [3.63, 3.8) is 0 Å². The van der Waals surface area contributed by atoms with Crippen molar-refractivity contribution in [2.45, 2.75) is 20.3 Å². The van der Waals surface area contributed by atoms with Crippen LogP contribution in [0.1, 0.15) is 16.8 Å². The van der Waals surface area contributed by atoms with E-state index in [1.54, 1.807) is 6.20 Å². The van der Waals surface area contributed by atoms with Crippen LogP contribution >= 0.6 is 11.6 Å². The highest BCUT2D eigenvalue weighted by molar-refractivity contribution is 6.34. The Balaban J connectivity index is 2.21. The van der Waals surface area contributed by atoms with Gasteiger partial charge in [0.1, 0.15) is 0 Å². The number of anilines is 1. The Bertz CT molecular complexity index is 675. The van der Waals surface area contributed by atoms with E-state index in [4.69, 9.17) is 11.6 Å². The monoisotopic (exact) mass is 272 g/mol. The lowest BCUT2D eigenvalue weighted by molar-refractivity contribution is -0.115. The first-order valence-electron chi connectivity index (χ1n) is 6.11. The number of carbonyl (C=O) groups is 1. The number of aryl methyl sites for hydroxylation is 2. The van der Waals surface area contributed by atoms with E-state index in [-0.39, 0.29) is 5.91 Å². The first-order valence-corrected chi connectivity index (χ1v) is 6.49. The van der Waals surface area contributed by atoms with Crippen LogP contribution in [0.2, 0.25) is 5.02 Å². The standard InChI is InChI=1S/C15H13ClN2O/c1-8-3-4-17-9(2)14(8)10-5-11-7-13(19)18-15(11)12(16)6-10/h3-6H,7H2,1-2H3,(H,18,19). The molecule has 96 valence electrons. The Labute approximate surface area is 116 Å². The summed E-state index contributed by atoms with van der Waals surface area (Å²) < 4.78 is 0. The summed E-state index contributed by atoms with van der Waals surface area (Å²) >= 11 is 6.26. The van der Waals surface area contributed by atoms with E-state index in [1.165, 1.54) is 0 Å². The van der Waals surface area contributed by atoms with Crippen molar-refractivity contribution in [1.82, 2.24) is 4.98 Å². The molecular weight excluding hydrogens is 260 g/mol. The number of hydrogen-bond donors (Lipinski definition) is 1. The number of fused-ring (bicyclic) bond motifs is 1. The van der Waals surface area contributed by atoms with Crippen LogP contribution in [0.15, 0.2) is 24.4 Å². The summed E-state index contributed by atoms with van der Waals surface area (Å²) in [6, 6.07) is 5.89. The zero-order valence-electron chi connectivity index (χ0n) is 10.7. The maximum absolute atomic E-state index is 11.5. The summed E-state index contributed by atoms with van der Waals surface area (Å²) in [5.74, 6) is -0.00585. The van der Waals surface area contributed by atoms with Gasteiger partial charge in [-0.3, -0.25) is 9.78 Å². The van der Waals surface area contributed by atoms with E-state index in [9.17, 15) is 4.79 Å². The molecule has 2 heterocycles. The molecular formula is C15H13ClN2O. The second-order valence-corrected chi connectivity index (χ2v) is 5.21. The third-order valence-corrected chi connectivity index (χ3v) is 3.72. The fourth-order valence-electron chi connectivity index (χ4n) is 2.57. The van der Waals surface area contributed by atoms with Crippen molar-refractivity contribution in [2.24, 2.45) is 0 Å². The predicted octanol–water partition coefficient (Wildman–Crippen LogP) is 3.51. The summed E-state index contributed by atoms with van der Waals surface area (Å²) in [7, 11) is 0. The lowest BCUT2D eigenvalue weighted by Crippen LogP contribution is -2.03. The summed E-state index contributed by atoms with van der Waals surface area (Å²) in [4.78, 5) is 15.8. The quantitative estimate of drug-likeness (QED) is 0.863. The van der Waals surface area contributed by atoms with Crippen molar-refractivity contribution in [2.75, 3.05) is 5.32 Å². The van der Waals surface area contributed by atoms with Gasteiger partial charge in [-0.2, -0.15) is 0 Å². The number of amides is 1. The van der Waals surface area contributed by atoms with Crippen LogP contribution in [-0.4, -0.2) is 10.9 Å². The van der Waals surface area contributed by atoms with Gasteiger partial charge >= 0.3 is 0 Å². The van der Waals surface area contributed by atoms with Crippen LogP contribution in [0, 0.1) is 13.8 Å². The number of nitrogens with one attached hydrogen (secondary N) is 1. The minimum absolute atomic E-state index is 0.00585. The van der Waals surface area contributed by atoms with Gasteiger partial charge in [0.15, 0.2) is 0 Å². The van der Waals surface area contributed by atoms with Crippen LogP contribution in [0.4, 0.5) is 5.69 Å². The minimum atomic E-state index is -0.00585. The number of pyridine rings is 1. The molecule has 0 unspecified atom stereocenters. The van der Waals surface area contributed by atoms with Crippen LogP contribution in [0.3, 0.4) is 0 Å². The van der Waals surface area contributed by atoms with E-state index in [1.807, 2.05) is 25.1 Å². The average Bonchev–Trinajstić information content (AvgIpc) is 2.70. The average molecular weight is 273 g/mol. The maximum Gasteiger partial charge on any atom is 0.228 e. The molecule has 0 aliphatic carbocycles. The maximum atomic E-state index is 11.5. The number of hydrogen-bond acceptors (Lipinski definition) is 2. The number of rotatable bonds is 1. The molecule has 1 amide bonds. The molecule has 1 aromatic heterocycles. The first-order chi connectivity index (χ1) is 9.06. The van der Waals surface area contributed by atoms with E-state index >= 15 is 0 Å². The van der Waals surface area contributed by atoms with Crippen molar-refractivity contribution in [1.29, 1.82) is 0 Å². The van der Waals surface area contributed by atoms with Gasteiger partial charge in [0.2, 0.25) is 5.91 Å². The normalized spacial score (nSPS) is 13.3. The zero-order valence-corrected chi connectivity index (χ0v) is 11.5. The van der Waals surface area contributed by atoms with E-state index in [2.05, 4.69) is 17.2 Å². The molecule has 3 nitrogen and oxygen atoms in total. The third kappa shape index (κ3) is 2.00. The Morgan fingerprint density at radius 1 is 1.32 bits per heavy atom. The van der Waals surface area contributed by atoms with Crippen LogP contribution in [0.25, 0.3) is 11.1 Å². The lowest BCUT2D eigenvalue weighted by Gasteiger charge is -2.11. The van der Waals surface area contributed by atoms with Crippen LogP contribution in [0.5, 0.6) is 0 Å². The van der Waals surface area contributed by atoms with E-state index in [0.29, 0.717) is 11.4 Å². The van der Waals surface area contributed by atoms with E-state index < -0.39 is 0 Å². The molecule has 0 saturated heterocycles. The highest BCUT2D eigenvalue weighted by atomic mass is 35.5. The molecule has 0 spiro atoms. The first kappa shape index (κ1) is 12.2. The van der Waals surface area contributed by atoms with Crippen molar-refractivity contribution >= 4 is 23.2 Å². The largest absolute Gasteiger partial charge is 0.324 e. The lowest BCUT2D eigenvalue weighted by atomic mass is 9.97. The second kappa shape index (κ2) is 4.35. The molecule has 3 rings (SSSR count). The van der Waals surface area contributed by atoms with Crippen LogP contribution in [-0.2, 0) is 11.2 Å². The summed E-state index contributed by atoms with van der Waals surface area (Å²) in [6.07, 6.45) is 2.19. The van der Waals surface area contributed by atoms with Crippen molar-refractivity contribution in [3.8, 4) is 11.1 Å². The molecule has 0 saturated carbocycles. The zero-order chi connectivity index (χ0) is 13.6. The smallest absolute Gasteiger partial charge is 0.228 e. The Hall–Kier alpha value is -1.87. The van der Waals surface area contributed by atoms with E-state index in [0.717, 1.165) is 33.6 Å². The molecule has 2 aromatic rings. The molecule has 0 fully saturated rings. The summed E-state index contributed by atoms with van der Waals surface area (Å²) in [5.41, 5.74) is 5.92. The second-order valence-electron chi connectivity index (χ2n) is 4.81. The Morgan fingerprint density at radius 2 is 2.11 bits per heavy atom. The number of aromatic nitrogens is 1. The number of benzene rings is 1. The highest BCUT2D eigenvalue weighted by Gasteiger charge is 2.22. The molecule has 0 radical (unpaired) electrons. The Morgan fingerprint density at radius 3 is 2.84 bits per heavy atom.